The topological polar surface area (TPSA) is 88.4 Å². The molecule has 120 valence electrons. The highest BCUT2D eigenvalue weighted by Crippen LogP contribution is 2.45. The zero-order chi connectivity index (χ0) is 15.9. The summed E-state index contributed by atoms with van der Waals surface area (Å²) in [5, 5.41) is 9.93. The van der Waals surface area contributed by atoms with Crippen LogP contribution < -0.4 is 10.6 Å². The highest BCUT2D eigenvalue weighted by molar-refractivity contribution is 6.12. The van der Waals surface area contributed by atoms with Gasteiger partial charge in [0.25, 0.3) is 0 Å². The molecule has 2 fully saturated rings. The number of rotatable bonds is 3. The number of aromatic nitrogens is 3. The minimum Gasteiger partial charge on any atom is -0.355 e. The zero-order valence-corrected chi connectivity index (χ0v) is 12.8. The van der Waals surface area contributed by atoms with E-state index in [4.69, 9.17) is 0 Å². The Morgan fingerprint density at radius 2 is 2.22 bits per heavy atom. The van der Waals surface area contributed by atoms with Crippen LogP contribution in [-0.4, -0.2) is 33.0 Å². The fourth-order valence-electron chi connectivity index (χ4n) is 4.00. The summed E-state index contributed by atoms with van der Waals surface area (Å²) in [4.78, 5) is 29.8. The van der Waals surface area contributed by atoms with E-state index in [9.17, 15) is 9.59 Å². The molecule has 1 aliphatic heterocycles. The third kappa shape index (κ3) is 2.10. The molecule has 1 aliphatic carbocycles. The molecule has 0 aromatic carbocycles. The van der Waals surface area contributed by atoms with Crippen LogP contribution in [0, 0.1) is 11.3 Å². The van der Waals surface area contributed by atoms with Gasteiger partial charge in [0.1, 0.15) is 11.1 Å². The van der Waals surface area contributed by atoms with Gasteiger partial charge in [-0.3, -0.25) is 9.59 Å². The molecule has 0 radical (unpaired) electrons. The lowest BCUT2D eigenvalue weighted by molar-refractivity contribution is -0.141. The number of nitrogens with zero attached hydrogens (tertiary/aromatic N) is 3. The highest BCUT2D eigenvalue weighted by Gasteiger charge is 2.55. The summed E-state index contributed by atoms with van der Waals surface area (Å²) in [6.45, 7) is 0.565. The standard InChI is InChI=1S/C16H19N5O2/c22-14-16(6-8-18-14,11-4-1-2-5-11)15(23)20-12-10-19-21-9-3-7-17-13(12)21/h3,7,9-11H,1-2,4-6,8H2,(H,18,22)(H,20,23). The van der Waals surface area contributed by atoms with Crippen molar-refractivity contribution in [3.05, 3.63) is 24.7 Å². The Kier molecular flexibility index (Phi) is 3.28. The number of fused-ring (bicyclic) bond motifs is 1. The molecule has 2 N–H and O–H groups in total. The average molecular weight is 313 g/mol. The maximum Gasteiger partial charge on any atom is 0.240 e. The lowest BCUT2D eigenvalue weighted by Gasteiger charge is -2.30. The smallest absolute Gasteiger partial charge is 0.240 e. The molecule has 3 heterocycles. The van der Waals surface area contributed by atoms with E-state index >= 15 is 0 Å². The maximum atomic E-state index is 13.0. The molecular formula is C16H19N5O2. The molecule has 1 saturated carbocycles. The Morgan fingerprint density at radius 3 is 2.96 bits per heavy atom. The van der Waals surface area contributed by atoms with E-state index in [1.807, 2.05) is 0 Å². The Labute approximate surface area is 133 Å². The molecule has 7 nitrogen and oxygen atoms in total. The average Bonchev–Trinajstić information content (AvgIpc) is 3.28. The summed E-state index contributed by atoms with van der Waals surface area (Å²) in [5.41, 5.74) is 0.188. The molecular weight excluding hydrogens is 294 g/mol. The maximum absolute atomic E-state index is 13.0. The Balaban J connectivity index is 1.67. The van der Waals surface area contributed by atoms with Crippen LogP contribution in [0.25, 0.3) is 5.65 Å². The van der Waals surface area contributed by atoms with E-state index < -0.39 is 5.41 Å². The van der Waals surface area contributed by atoms with Gasteiger partial charge in [0, 0.05) is 18.9 Å². The van der Waals surface area contributed by atoms with Crippen molar-refractivity contribution in [3.8, 4) is 0 Å². The lowest BCUT2D eigenvalue weighted by Crippen LogP contribution is -2.47. The number of hydrogen-bond donors (Lipinski definition) is 2. The number of amides is 2. The van der Waals surface area contributed by atoms with Gasteiger partial charge in [-0.25, -0.2) is 9.50 Å². The van der Waals surface area contributed by atoms with E-state index in [1.54, 1.807) is 29.2 Å². The molecule has 1 saturated heterocycles. The van der Waals surface area contributed by atoms with Crippen LogP contribution in [-0.2, 0) is 9.59 Å². The van der Waals surface area contributed by atoms with Crippen molar-refractivity contribution in [2.24, 2.45) is 11.3 Å². The van der Waals surface area contributed by atoms with E-state index in [1.165, 1.54) is 0 Å². The molecule has 1 atom stereocenters. The van der Waals surface area contributed by atoms with Gasteiger partial charge < -0.3 is 10.6 Å². The molecule has 0 spiro atoms. The molecule has 4 rings (SSSR count). The first-order valence-electron chi connectivity index (χ1n) is 8.10. The molecule has 2 amide bonds. The molecule has 2 aliphatic rings. The normalized spacial score (nSPS) is 25.0. The number of carbonyl (C=O) groups is 2. The van der Waals surface area contributed by atoms with Crippen molar-refractivity contribution < 1.29 is 9.59 Å². The summed E-state index contributed by atoms with van der Waals surface area (Å²) in [6.07, 6.45) is 9.62. The first-order chi connectivity index (χ1) is 11.2. The van der Waals surface area contributed by atoms with Gasteiger partial charge in [0.15, 0.2) is 5.65 Å². The van der Waals surface area contributed by atoms with Gasteiger partial charge in [0.2, 0.25) is 11.8 Å². The highest BCUT2D eigenvalue weighted by atomic mass is 16.2. The molecule has 1 unspecified atom stereocenters. The van der Waals surface area contributed by atoms with Crippen molar-refractivity contribution >= 4 is 23.1 Å². The minimum atomic E-state index is -0.945. The number of carbonyl (C=O) groups excluding carboxylic acids is 2. The summed E-state index contributed by atoms with van der Waals surface area (Å²) >= 11 is 0. The summed E-state index contributed by atoms with van der Waals surface area (Å²) < 4.78 is 1.60. The third-order valence-corrected chi connectivity index (χ3v) is 5.19. The second kappa shape index (κ2) is 5.33. The van der Waals surface area contributed by atoms with Crippen LogP contribution in [0.2, 0.25) is 0 Å². The Morgan fingerprint density at radius 1 is 1.39 bits per heavy atom. The summed E-state index contributed by atoms with van der Waals surface area (Å²) in [5.74, 6) is -0.230. The number of anilines is 1. The monoisotopic (exact) mass is 313 g/mol. The second-order valence-electron chi connectivity index (χ2n) is 6.36. The van der Waals surface area contributed by atoms with Crippen LogP contribution in [0.3, 0.4) is 0 Å². The second-order valence-corrected chi connectivity index (χ2v) is 6.36. The lowest BCUT2D eigenvalue weighted by atomic mass is 9.72. The molecule has 23 heavy (non-hydrogen) atoms. The van der Waals surface area contributed by atoms with Crippen LogP contribution in [0.5, 0.6) is 0 Å². The predicted octanol–water partition coefficient (Wildman–Crippen LogP) is 1.36. The van der Waals surface area contributed by atoms with Crippen LogP contribution in [0.15, 0.2) is 24.7 Å². The van der Waals surface area contributed by atoms with Crippen molar-refractivity contribution in [1.29, 1.82) is 0 Å². The fourth-order valence-corrected chi connectivity index (χ4v) is 4.00. The third-order valence-electron chi connectivity index (χ3n) is 5.19. The van der Waals surface area contributed by atoms with Gasteiger partial charge in [-0.15, -0.1) is 0 Å². The summed E-state index contributed by atoms with van der Waals surface area (Å²) in [6, 6.07) is 1.77. The number of nitrogens with one attached hydrogen (secondary N) is 2. The molecule has 2 aromatic heterocycles. The SMILES string of the molecule is O=C1NCCC1(C(=O)Nc1cnn2cccnc12)C1CCCC1. The van der Waals surface area contributed by atoms with E-state index in [2.05, 4.69) is 20.7 Å². The minimum absolute atomic E-state index is 0.125. The Hall–Kier alpha value is -2.44. The van der Waals surface area contributed by atoms with E-state index in [0.29, 0.717) is 24.3 Å². The fraction of sp³-hybridized carbons (Fsp3) is 0.500. The molecule has 0 bridgehead atoms. The van der Waals surface area contributed by atoms with Crippen molar-refractivity contribution in [2.75, 3.05) is 11.9 Å². The molecule has 2 aromatic rings. The van der Waals surface area contributed by atoms with Gasteiger partial charge in [0.05, 0.1) is 6.20 Å². The largest absolute Gasteiger partial charge is 0.355 e. The van der Waals surface area contributed by atoms with E-state index in [-0.39, 0.29) is 17.7 Å². The van der Waals surface area contributed by atoms with Crippen molar-refractivity contribution in [2.45, 2.75) is 32.1 Å². The van der Waals surface area contributed by atoms with Gasteiger partial charge in [-0.1, -0.05) is 12.8 Å². The number of hydrogen-bond acceptors (Lipinski definition) is 4. The Bertz CT molecular complexity index is 765. The van der Waals surface area contributed by atoms with Crippen LogP contribution >= 0.6 is 0 Å². The summed E-state index contributed by atoms with van der Waals surface area (Å²) in [7, 11) is 0. The van der Waals surface area contributed by atoms with Gasteiger partial charge >= 0.3 is 0 Å². The van der Waals surface area contributed by atoms with E-state index in [0.717, 1.165) is 25.7 Å². The quantitative estimate of drug-likeness (QED) is 0.838. The first kappa shape index (κ1) is 14.2. The van der Waals surface area contributed by atoms with Crippen molar-refractivity contribution in [3.63, 3.8) is 0 Å². The van der Waals surface area contributed by atoms with Gasteiger partial charge in [-0.2, -0.15) is 5.10 Å². The zero-order valence-electron chi connectivity index (χ0n) is 12.8. The first-order valence-corrected chi connectivity index (χ1v) is 8.10. The predicted molar refractivity (Wildman–Crippen MR) is 83.6 cm³/mol. The van der Waals surface area contributed by atoms with Crippen LogP contribution in [0.1, 0.15) is 32.1 Å². The van der Waals surface area contributed by atoms with Crippen molar-refractivity contribution in [1.82, 2.24) is 19.9 Å². The van der Waals surface area contributed by atoms with Crippen LogP contribution in [0.4, 0.5) is 5.69 Å². The molecule has 7 heteroatoms. The van der Waals surface area contributed by atoms with Gasteiger partial charge in [-0.05, 0) is 31.2 Å².